The minimum absolute atomic E-state index is 0.0388. The maximum Gasteiger partial charge on any atom is 0.326 e. The molecule has 1 amide bonds. The molecule has 0 spiro atoms. The lowest BCUT2D eigenvalue weighted by atomic mass is 10.1. The third-order valence-electron chi connectivity index (χ3n) is 5.26. The SMILES string of the molecule is CN1c2c(nc(N)[nH]c2=O)NCC1CNc1ccc(C(=O)N[13CH]([13CH2][13CH2][13C](=O)O)[13C](=O)O)cc1. The molecule has 176 valence electrons. The number of carbonyl (C=O) groups excluding carboxylic acids is 1. The van der Waals surface area contributed by atoms with E-state index < -0.39 is 23.9 Å². The van der Waals surface area contributed by atoms with Crippen LogP contribution in [0.25, 0.3) is 0 Å². The molecule has 2 aromatic rings. The quantitative estimate of drug-likeness (QED) is 0.241. The smallest absolute Gasteiger partial charge is 0.326 e. The van der Waals surface area contributed by atoms with Gasteiger partial charge in [0.1, 0.15) is 11.7 Å². The minimum atomic E-state index is -1.30. The summed E-state index contributed by atoms with van der Waals surface area (Å²) in [6, 6.07) is 5.03. The summed E-state index contributed by atoms with van der Waals surface area (Å²) in [6.07, 6.45) is -0.586. The molecule has 0 saturated heterocycles. The zero-order valence-corrected chi connectivity index (χ0v) is 17.8. The number of hydrogen-bond acceptors (Lipinski definition) is 9. The minimum Gasteiger partial charge on any atom is -0.481 e. The number of rotatable bonds is 9. The summed E-state index contributed by atoms with van der Waals surface area (Å²) in [5, 5.41) is 26.6. The first-order chi connectivity index (χ1) is 15.7. The van der Waals surface area contributed by atoms with Crippen molar-refractivity contribution in [2.24, 2.45) is 0 Å². The third-order valence-corrected chi connectivity index (χ3v) is 5.26. The zero-order valence-electron chi connectivity index (χ0n) is 17.8. The molecule has 33 heavy (non-hydrogen) atoms. The average molecular weight is 464 g/mol. The van der Waals surface area contributed by atoms with E-state index in [-0.39, 0.29) is 36.0 Å². The van der Waals surface area contributed by atoms with Gasteiger partial charge in [-0.15, -0.1) is 0 Å². The molecule has 0 aliphatic carbocycles. The first-order valence-electron chi connectivity index (χ1n) is 10.1. The summed E-state index contributed by atoms with van der Waals surface area (Å²) in [6.45, 7) is 1.01. The molecule has 2 unspecified atom stereocenters. The maximum absolute atomic E-state index is 12.3. The van der Waals surface area contributed by atoms with Crippen LogP contribution < -0.4 is 32.1 Å². The largest absolute Gasteiger partial charge is 0.481 e. The molecule has 8 N–H and O–H groups in total. The fraction of sp³-hybridized carbons (Fsp3) is 0.350. The Balaban J connectivity index is 1.58. The van der Waals surface area contributed by atoms with Gasteiger partial charge in [-0.25, -0.2) is 4.79 Å². The van der Waals surface area contributed by atoms with Crippen molar-refractivity contribution in [1.29, 1.82) is 0 Å². The van der Waals surface area contributed by atoms with Crippen molar-refractivity contribution in [3.05, 3.63) is 40.2 Å². The van der Waals surface area contributed by atoms with E-state index in [1.165, 1.54) is 12.1 Å². The third kappa shape index (κ3) is 5.70. The molecule has 2 heterocycles. The number of amides is 1. The van der Waals surface area contributed by atoms with E-state index in [4.69, 9.17) is 10.8 Å². The molecule has 13 heteroatoms. The number of likely N-dealkylation sites (N-methyl/N-ethyl adjacent to an activating group) is 1. The van der Waals surface area contributed by atoms with Gasteiger partial charge in [-0.3, -0.25) is 19.4 Å². The lowest BCUT2D eigenvalue weighted by Gasteiger charge is -2.35. The van der Waals surface area contributed by atoms with Crippen LogP contribution in [0.4, 0.5) is 23.1 Å². The lowest BCUT2D eigenvalue weighted by molar-refractivity contribution is -0.140. The number of carboxylic acids is 2. The Kier molecular flexibility index (Phi) is 7.00. The highest BCUT2D eigenvalue weighted by atomic mass is 16.5. The van der Waals surface area contributed by atoms with Crippen LogP contribution in [0.1, 0.15) is 23.2 Å². The molecule has 1 aliphatic rings. The number of nitrogens with one attached hydrogen (secondary N) is 4. The number of hydrogen-bond donors (Lipinski definition) is 7. The average Bonchev–Trinajstić information content (AvgIpc) is 2.75. The monoisotopic (exact) mass is 464 g/mol. The number of carbonyl (C=O) groups is 3. The van der Waals surface area contributed by atoms with Crippen LogP contribution in [0.15, 0.2) is 29.1 Å². The predicted octanol–water partition coefficient (Wildman–Crippen LogP) is -0.258. The number of H-pyrrole nitrogens is 1. The van der Waals surface area contributed by atoms with Crippen LogP contribution in [-0.2, 0) is 9.59 Å². The molecule has 1 aliphatic heterocycles. The zero-order chi connectivity index (χ0) is 24.1. The number of aliphatic carboxylic acids is 2. The Bertz CT molecular complexity index is 1100. The number of anilines is 4. The van der Waals surface area contributed by atoms with Crippen LogP contribution in [-0.4, -0.2) is 70.2 Å². The van der Waals surface area contributed by atoms with Gasteiger partial charge in [0, 0.05) is 37.8 Å². The van der Waals surface area contributed by atoms with E-state index in [1.54, 1.807) is 19.2 Å². The first kappa shape index (κ1) is 23.4. The Hall–Kier alpha value is -4.29. The molecule has 1 aromatic carbocycles. The van der Waals surface area contributed by atoms with Crippen LogP contribution in [0, 0.1) is 0 Å². The topological polar surface area (TPSA) is 203 Å². The predicted molar refractivity (Wildman–Crippen MR) is 121 cm³/mol. The highest BCUT2D eigenvalue weighted by Crippen LogP contribution is 2.25. The fourth-order valence-electron chi connectivity index (χ4n) is 3.42. The lowest BCUT2D eigenvalue weighted by Crippen LogP contribution is -2.48. The number of nitrogens with zero attached hydrogens (tertiary/aromatic N) is 2. The molecule has 1 aromatic heterocycles. The maximum atomic E-state index is 12.3. The van der Waals surface area contributed by atoms with E-state index in [0.717, 1.165) is 5.69 Å². The van der Waals surface area contributed by atoms with Crippen molar-refractivity contribution in [2.45, 2.75) is 24.9 Å². The van der Waals surface area contributed by atoms with Crippen molar-refractivity contribution < 1.29 is 24.6 Å². The van der Waals surface area contributed by atoms with Gasteiger partial charge in [0.15, 0.2) is 5.82 Å². The Labute approximate surface area is 188 Å². The normalized spacial score (nSPS) is 15.7. The van der Waals surface area contributed by atoms with Gasteiger partial charge < -0.3 is 36.8 Å². The van der Waals surface area contributed by atoms with E-state index in [2.05, 4.69) is 25.9 Å². The van der Waals surface area contributed by atoms with Crippen molar-refractivity contribution >= 4 is 41.0 Å². The summed E-state index contributed by atoms with van der Waals surface area (Å²) in [4.78, 5) is 54.9. The van der Waals surface area contributed by atoms with Crippen LogP contribution in [0.2, 0.25) is 0 Å². The van der Waals surface area contributed by atoms with E-state index in [1.807, 2.05) is 4.90 Å². The van der Waals surface area contributed by atoms with Crippen LogP contribution in [0.5, 0.6) is 0 Å². The van der Waals surface area contributed by atoms with Gasteiger partial charge in [-0.05, 0) is 30.7 Å². The van der Waals surface area contributed by atoms with E-state index in [9.17, 15) is 24.3 Å². The number of nitrogens with two attached hydrogens (primary N) is 1. The summed E-state index contributed by atoms with van der Waals surface area (Å²) < 4.78 is 0. The Morgan fingerprint density at radius 3 is 2.61 bits per heavy atom. The Morgan fingerprint density at radius 2 is 1.97 bits per heavy atom. The fourth-order valence-corrected chi connectivity index (χ4v) is 3.42. The van der Waals surface area contributed by atoms with Gasteiger partial charge in [0.25, 0.3) is 11.5 Å². The number of benzene rings is 1. The van der Waals surface area contributed by atoms with E-state index in [0.29, 0.717) is 24.6 Å². The molecule has 13 nitrogen and oxygen atoms in total. The number of aromatic amines is 1. The highest BCUT2D eigenvalue weighted by Gasteiger charge is 2.27. The van der Waals surface area contributed by atoms with Gasteiger partial charge >= 0.3 is 11.9 Å². The van der Waals surface area contributed by atoms with Gasteiger partial charge in [-0.1, -0.05) is 0 Å². The van der Waals surface area contributed by atoms with Crippen molar-refractivity contribution in [3.63, 3.8) is 0 Å². The second-order valence-electron chi connectivity index (χ2n) is 7.55. The summed E-state index contributed by atoms with van der Waals surface area (Å²) in [5.41, 5.74) is 6.59. The summed E-state index contributed by atoms with van der Waals surface area (Å²) >= 11 is 0. The molecule has 0 saturated carbocycles. The molecule has 2 atom stereocenters. The van der Waals surface area contributed by atoms with Crippen LogP contribution >= 0.6 is 0 Å². The van der Waals surface area contributed by atoms with Crippen molar-refractivity contribution in [3.8, 4) is 0 Å². The molecular weight excluding hydrogens is 439 g/mol. The summed E-state index contributed by atoms with van der Waals surface area (Å²) in [7, 11) is 1.79. The second kappa shape index (κ2) is 9.89. The highest BCUT2D eigenvalue weighted by molar-refractivity contribution is 5.96. The van der Waals surface area contributed by atoms with Gasteiger partial charge in [0.2, 0.25) is 5.95 Å². The molecule has 0 fully saturated rings. The first-order valence-corrected chi connectivity index (χ1v) is 10.1. The molecule has 0 radical (unpaired) electrons. The van der Waals surface area contributed by atoms with Crippen LogP contribution in [0.3, 0.4) is 0 Å². The number of fused-ring (bicyclic) bond motifs is 1. The summed E-state index contributed by atoms with van der Waals surface area (Å²) in [5.74, 6) is -2.59. The molecular formula is C20H25N7O6. The van der Waals surface area contributed by atoms with Crippen molar-refractivity contribution in [2.75, 3.05) is 41.4 Å². The number of nitrogen functional groups attached to an aromatic ring is 1. The number of aromatic nitrogens is 2. The standard InChI is InChI=1S/C20H25N7O6/c1-27-12(9-23-16-15(27)18(31)26-20(21)25-16)8-22-11-4-2-10(3-5-11)17(30)24-13(19(32)33)6-7-14(28)29/h2-5,12-13,22H,6-9H2,1H3,(H,24,30)(H,28,29)(H,32,33)(H4,21,23,25,26,31)/i6+1,7+1,13+1,14+1,19+1. The Morgan fingerprint density at radius 1 is 1.27 bits per heavy atom. The van der Waals surface area contributed by atoms with E-state index >= 15 is 0 Å². The van der Waals surface area contributed by atoms with Gasteiger partial charge in [0.05, 0.1) is 6.04 Å². The van der Waals surface area contributed by atoms with Crippen molar-refractivity contribution in [1.82, 2.24) is 15.3 Å². The van der Waals surface area contributed by atoms with Gasteiger partial charge in [-0.2, -0.15) is 4.98 Å². The molecule has 0 bridgehead atoms. The molecule has 3 rings (SSSR count). The number of carboxylic acid groups (broad SMARTS) is 2. The second-order valence-corrected chi connectivity index (χ2v) is 7.55.